The predicted molar refractivity (Wildman–Crippen MR) is 110 cm³/mol. The van der Waals surface area contributed by atoms with Crippen molar-refractivity contribution in [3.8, 4) is 0 Å². The van der Waals surface area contributed by atoms with E-state index in [-0.39, 0.29) is 23.1 Å². The van der Waals surface area contributed by atoms with Gasteiger partial charge in [0.05, 0.1) is 11.8 Å². The van der Waals surface area contributed by atoms with E-state index in [0.29, 0.717) is 23.8 Å². The van der Waals surface area contributed by atoms with Gasteiger partial charge in [-0.05, 0) is 67.6 Å². The van der Waals surface area contributed by atoms with E-state index in [1.165, 1.54) is 11.1 Å². The second kappa shape index (κ2) is 7.05. The molecule has 2 aromatic rings. The molecular formula is C24H28N2O3. The Morgan fingerprint density at radius 3 is 2.62 bits per heavy atom. The van der Waals surface area contributed by atoms with Crippen LogP contribution in [-0.2, 0) is 10.2 Å². The second-order valence-electron chi connectivity index (χ2n) is 9.00. The van der Waals surface area contributed by atoms with Gasteiger partial charge in [-0.3, -0.25) is 9.59 Å². The molecule has 1 aromatic carbocycles. The SMILES string of the molecule is Cc1occc1C(=O)N1CCC2(CC1)CC(CC(=O)NC1CC1)c1ccccc12. The Morgan fingerprint density at radius 1 is 1.17 bits per heavy atom. The van der Waals surface area contributed by atoms with Crippen molar-refractivity contribution in [1.82, 2.24) is 10.2 Å². The Balaban J connectivity index is 1.31. The normalized spacial score (nSPS) is 22.5. The van der Waals surface area contributed by atoms with Crippen molar-refractivity contribution in [2.75, 3.05) is 13.1 Å². The highest BCUT2D eigenvalue weighted by Gasteiger charge is 2.46. The summed E-state index contributed by atoms with van der Waals surface area (Å²) in [6.07, 6.45) is 7.32. The van der Waals surface area contributed by atoms with Gasteiger partial charge >= 0.3 is 0 Å². The van der Waals surface area contributed by atoms with E-state index in [1.807, 2.05) is 11.8 Å². The molecule has 29 heavy (non-hydrogen) atoms. The minimum atomic E-state index is 0.0674. The Morgan fingerprint density at radius 2 is 1.93 bits per heavy atom. The number of nitrogens with one attached hydrogen (secondary N) is 1. The molecule has 1 saturated carbocycles. The molecule has 2 aliphatic carbocycles. The average molecular weight is 392 g/mol. The topological polar surface area (TPSA) is 62.6 Å². The summed E-state index contributed by atoms with van der Waals surface area (Å²) in [5.74, 6) is 1.22. The number of aryl methyl sites for hydroxylation is 1. The van der Waals surface area contributed by atoms with E-state index in [2.05, 4.69) is 29.6 Å². The summed E-state index contributed by atoms with van der Waals surface area (Å²) in [7, 11) is 0. The van der Waals surface area contributed by atoms with Gasteiger partial charge in [-0.2, -0.15) is 0 Å². The van der Waals surface area contributed by atoms with Gasteiger partial charge in [0.1, 0.15) is 5.76 Å². The third-order valence-corrected chi connectivity index (χ3v) is 7.08. The molecule has 2 heterocycles. The first-order valence-electron chi connectivity index (χ1n) is 10.8. The molecule has 5 heteroatoms. The Bertz CT molecular complexity index is 935. The lowest BCUT2D eigenvalue weighted by Crippen LogP contribution is -2.44. The maximum Gasteiger partial charge on any atom is 0.257 e. The van der Waals surface area contributed by atoms with Crippen LogP contribution in [-0.4, -0.2) is 35.8 Å². The molecule has 1 N–H and O–H groups in total. The van der Waals surface area contributed by atoms with E-state index in [1.54, 1.807) is 12.3 Å². The van der Waals surface area contributed by atoms with E-state index in [0.717, 1.165) is 45.2 Å². The zero-order valence-corrected chi connectivity index (χ0v) is 16.9. The van der Waals surface area contributed by atoms with Crippen molar-refractivity contribution >= 4 is 11.8 Å². The van der Waals surface area contributed by atoms with Crippen molar-refractivity contribution in [2.45, 2.75) is 62.8 Å². The number of carbonyl (C=O) groups excluding carboxylic acids is 2. The fourth-order valence-corrected chi connectivity index (χ4v) is 5.34. The molecule has 5 nitrogen and oxygen atoms in total. The third-order valence-electron chi connectivity index (χ3n) is 7.08. The molecule has 1 spiro atoms. The number of amides is 2. The predicted octanol–water partition coefficient (Wildman–Crippen LogP) is 3.92. The van der Waals surface area contributed by atoms with Crippen LogP contribution in [0.15, 0.2) is 41.0 Å². The van der Waals surface area contributed by atoms with Crippen molar-refractivity contribution in [3.05, 3.63) is 59.0 Å². The summed E-state index contributed by atoms with van der Waals surface area (Å²) in [5, 5.41) is 3.15. The van der Waals surface area contributed by atoms with Crippen LogP contribution < -0.4 is 5.32 Å². The minimum absolute atomic E-state index is 0.0674. The summed E-state index contributed by atoms with van der Waals surface area (Å²) < 4.78 is 5.31. The third kappa shape index (κ3) is 3.37. The summed E-state index contributed by atoms with van der Waals surface area (Å²) in [4.78, 5) is 27.3. The smallest absolute Gasteiger partial charge is 0.257 e. The first-order chi connectivity index (χ1) is 14.1. The van der Waals surface area contributed by atoms with Gasteiger partial charge < -0.3 is 14.6 Å². The number of fused-ring (bicyclic) bond motifs is 2. The molecule has 5 rings (SSSR count). The van der Waals surface area contributed by atoms with E-state index >= 15 is 0 Å². The molecular weight excluding hydrogens is 364 g/mol. The lowest BCUT2D eigenvalue weighted by Gasteiger charge is -2.40. The summed E-state index contributed by atoms with van der Waals surface area (Å²) >= 11 is 0. The van der Waals surface area contributed by atoms with Crippen LogP contribution in [0.5, 0.6) is 0 Å². The van der Waals surface area contributed by atoms with Crippen molar-refractivity contribution in [3.63, 3.8) is 0 Å². The number of hydrogen-bond acceptors (Lipinski definition) is 3. The monoisotopic (exact) mass is 392 g/mol. The molecule has 1 unspecified atom stereocenters. The highest BCUT2D eigenvalue weighted by molar-refractivity contribution is 5.95. The van der Waals surface area contributed by atoms with Crippen LogP contribution in [0.1, 0.15) is 71.7 Å². The number of furan rings is 1. The number of carbonyl (C=O) groups is 2. The zero-order valence-electron chi connectivity index (χ0n) is 16.9. The zero-order chi connectivity index (χ0) is 20.0. The molecule has 1 aromatic heterocycles. The number of rotatable bonds is 4. The molecule has 1 aliphatic heterocycles. The molecule has 3 aliphatic rings. The largest absolute Gasteiger partial charge is 0.469 e. The Hall–Kier alpha value is -2.56. The van der Waals surface area contributed by atoms with Gasteiger partial charge in [0, 0.05) is 25.6 Å². The fourth-order valence-electron chi connectivity index (χ4n) is 5.34. The molecule has 152 valence electrons. The molecule has 1 atom stereocenters. The highest BCUT2D eigenvalue weighted by Crippen LogP contribution is 2.52. The maximum absolute atomic E-state index is 12.9. The van der Waals surface area contributed by atoms with E-state index in [4.69, 9.17) is 4.42 Å². The molecule has 2 fully saturated rings. The number of likely N-dealkylation sites (tertiary alicyclic amines) is 1. The van der Waals surface area contributed by atoms with Crippen LogP contribution in [0.2, 0.25) is 0 Å². The van der Waals surface area contributed by atoms with Crippen LogP contribution in [0.4, 0.5) is 0 Å². The molecule has 0 bridgehead atoms. The van der Waals surface area contributed by atoms with Crippen molar-refractivity contribution < 1.29 is 14.0 Å². The van der Waals surface area contributed by atoms with Gasteiger partial charge in [-0.25, -0.2) is 0 Å². The maximum atomic E-state index is 12.9. The number of benzene rings is 1. The number of nitrogens with zero attached hydrogens (tertiary/aromatic N) is 1. The van der Waals surface area contributed by atoms with Crippen LogP contribution in [0.25, 0.3) is 0 Å². The van der Waals surface area contributed by atoms with Crippen molar-refractivity contribution in [2.24, 2.45) is 0 Å². The van der Waals surface area contributed by atoms with E-state index < -0.39 is 0 Å². The fraction of sp³-hybridized carbons (Fsp3) is 0.500. The van der Waals surface area contributed by atoms with Crippen LogP contribution in [0, 0.1) is 6.92 Å². The molecule has 0 radical (unpaired) electrons. The average Bonchev–Trinajstić information content (AvgIpc) is 3.36. The highest BCUT2D eigenvalue weighted by atomic mass is 16.3. The first kappa shape index (κ1) is 18.5. The lowest BCUT2D eigenvalue weighted by atomic mass is 9.73. The standard InChI is InChI=1S/C24H28N2O3/c1-16-19(8-13-29-16)23(28)26-11-9-24(10-12-26)15-17(14-22(27)25-18-6-7-18)20-4-2-3-5-21(20)24/h2-5,8,13,17-18H,6-7,9-12,14-15H2,1H3,(H,25,27). The molecule has 1 saturated heterocycles. The Labute approximate surface area is 171 Å². The van der Waals surface area contributed by atoms with Crippen LogP contribution >= 0.6 is 0 Å². The van der Waals surface area contributed by atoms with Gasteiger partial charge in [-0.15, -0.1) is 0 Å². The second-order valence-corrected chi connectivity index (χ2v) is 9.00. The van der Waals surface area contributed by atoms with Crippen molar-refractivity contribution in [1.29, 1.82) is 0 Å². The quantitative estimate of drug-likeness (QED) is 0.858. The molecule has 2 amide bonds. The first-order valence-corrected chi connectivity index (χ1v) is 10.8. The summed E-state index contributed by atoms with van der Waals surface area (Å²) in [6, 6.07) is 10.8. The summed E-state index contributed by atoms with van der Waals surface area (Å²) in [6.45, 7) is 3.33. The van der Waals surface area contributed by atoms with E-state index in [9.17, 15) is 9.59 Å². The van der Waals surface area contributed by atoms with Gasteiger partial charge in [0.2, 0.25) is 5.91 Å². The number of hydrogen-bond donors (Lipinski definition) is 1. The van der Waals surface area contributed by atoms with Gasteiger partial charge in [-0.1, -0.05) is 24.3 Å². The minimum Gasteiger partial charge on any atom is -0.469 e. The lowest BCUT2D eigenvalue weighted by molar-refractivity contribution is -0.121. The summed E-state index contributed by atoms with van der Waals surface area (Å²) in [5.41, 5.74) is 3.49. The Kier molecular flexibility index (Phi) is 4.49. The van der Waals surface area contributed by atoms with Gasteiger partial charge in [0.15, 0.2) is 0 Å². The van der Waals surface area contributed by atoms with Crippen LogP contribution in [0.3, 0.4) is 0 Å². The van der Waals surface area contributed by atoms with Gasteiger partial charge in [0.25, 0.3) is 5.91 Å². The number of piperidine rings is 1.